The van der Waals surface area contributed by atoms with Crippen LogP contribution in [0.5, 0.6) is 5.75 Å². The lowest BCUT2D eigenvalue weighted by Gasteiger charge is -2.25. The van der Waals surface area contributed by atoms with Crippen molar-refractivity contribution in [1.29, 1.82) is 0 Å². The van der Waals surface area contributed by atoms with Gasteiger partial charge in [0.15, 0.2) is 6.61 Å². The van der Waals surface area contributed by atoms with Crippen LogP contribution in [0.3, 0.4) is 0 Å². The molecule has 0 atom stereocenters. The van der Waals surface area contributed by atoms with Gasteiger partial charge < -0.3 is 10.1 Å². The zero-order chi connectivity index (χ0) is 21.8. The van der Waals surface area contributed by atoms with E-state index >= 15 is 0 Å². The van der Waals surface area contributed by atoms with E-state index in [1.807, 2.05) is 0 Å². The fourth-order valence-corrected chi connectivity index (χ4v) is 5.07. The fraction of sp³-hybridized carbons (Fsp3) is 0.316. The SMILES string of the molecule is NS(=O)(=O)c1ccc(NC(=O)COc2ccc(S(=O)(=O)N3CCCCC3)cc2)cc1. The van der Waals surface area contributed by atoms with Crippen LogP contribution in [0.25, 0.3) is 0 Å². The first-order chi connectivity index (χ1) is 14.2. The van der Waals surface area contributed by atoms with E-state index < -0.39 is 26.0 Å². The lowest BCUT2D eigenvalue weighted by molar-refractivity contribution is -0.118. The highest BCUT2D eigenvalue weighted by molar-refractivity contribution is 7.89. The summed E-state index contributed by atoms with van der Waals surface area (Å²) < 4.78 is 54.6. The highest BCUT2D eigenvalue weighted by Crippen LogP contribution is 2.22. The molecule has 0 radical (unpaired) electrons. The average Bonchev–Trinajstić information content (AvgIpc) is 2.73. The van der Waals surface area contributed by atoms with Crippen LogP contribution >= 0.6 is 0 Å². The molecule has 0 aliphatic carbocycles. The van der Waals surface area contributed by atoms with Crippen molar-refractivity contribution in [3.8, 4) is 5.75 Å². The summed E-state index contributed by atoms with van der Waals surface area (Å²) in [5.74, 6) is -0.101. The van der Waals surface area contributed by atoms with Crippen LogP contribution in [-0.4, -0.2) is 46.7 Å². The van der Waals surface area contributed by atoms with Crippen LogP contribution in [0.15, 0.2) is 58.3 Å². The van der Waals surface area contributed by atoms with Crippen LogP contribution in [0, 0.1) is 0 Å². The Morgan fingerprint density at radius 1 is 0.900 bits per heavy atom. The largest absolute Gasteiger partial charge is 0.484 e. The molecular weight excluding hydrogens is 430 g/mol. The Balaban J connectivity index is 1.55. The summed E-state index contributed by atoms with van der Waals surface area (Å²) in [6.07, 6.45) is 2.76. The Hall–Kier alpha value is -2.47. The van der Waals surface area contributed by atoms with E-state index in [9.17, 15) is 21.6 Å². The molecule has 2 aromatic carbocycles. The number of nitrogens with one attached hydrogen (secondary N) is 1. The Bertz CT molecular complexity index is 1090. The molecule has 3 rings (SSSR count). The number of carbonyl (C=O) groups is 1. The molecule has 2 aromatic rings. The Labute approximate surface area is 175 Å². The minimum absolute atomic E-state index is 0.0589. The zero-order valence-electron chi connectivity index (χ0n) is 16.2. The van der Waals surface area contributed by atoms with Gasteiger partial charge in [-0.1, -0.05) is 6.42 Å². The second-order valence-corrected chi connectivity index (χ2v) is 10.3. The maximum Gasteiger partial charge on any atom is 0.262 e. The average molecular weight is 454 g/mol. The summed E-state index contributed by atoms with van der Waals surface area (Å²) in [5.41, 5.74) is 0.388. The van der Waals surface area contributed by atoms with Crippen LogP contribution in [0.2, 0.25) is 0 Å². The first-order valence-corrected chi connectivity index (χ1v) is 12.3. The molecule has 1 heterocycles. The van der Waals surface area contributed by atoms with E-state index in [0.717, 1.165) is 19.3 Å². The van der Waals surface area contributed by atoms with Crippen molar-refractivity contribution in [3.63, 3.8) is 0 Å². The normalized spacial score (nSPS) is 15.5. The lowest BCUT2D eigenvalue weighted by atomic mass is 10.2. The van der Waals surface area contributed by atoms with Crippen molar-refractivity contribution < 1.29 is 26.4 Å². The number of piperidine rings is 1. The Morgan fingerprint density at radius 3 is 2.03 bits per heavy atom. The molecule has 11 heteroatoms. The Morgan fingerprint density at radius 2 is 1.47 bits per heavy atom. The smallest absolute Gasteiger partial charge is 0.262 e. The summed E-state index contributed by atoms with van der Waals surface area (Å²) in [4.78, 5) is 12.2. The minimum atomic E-state index is -3.80. The number of amides is 1. The number of nitrogens with zero attached hydrogens (tertiary/aromatic N) is 1. The molecule has 1 saturated heterocycles. The number of benzene rings is 2. The van der Waals surface area contributed by atoms with Crippen molar-refractivity contribution >= 4 is 31.6 Å². The van der Waals surface area contributed by atoms with Gasteiger partial charge in [-0.15, -0.1) is 0 Å². The number of hydrogen-bond donors (Lipinski definition) is 2. The molecule has 3 N–H and O–H groups in total. The van der Waals surface area contributed by atoms with E-state index in [1.165, 1.54) is 52.8 Å². The molecule has 1 amide bonds. The van der Waals surface area contributed by atoms with Gasteiger partial charge in [-0.05, 0) is 61.4 Å². The third kappa shape index (κ3) is 5.57. The van der Waals surface area contributed by atoms with Gasteiger partial charge in [0.2, 0.25) is 20.0 Å². The molecule has 0 aromatic heterocycles. The molecule has 0 unspecified atom stereocenters. The fourth-order valence-electron chi connectivity index (χ4n) is 3.04. The van der Waals surface area contributed by atoms with Crippen molar-refractivity contribution in [3.05, 3.63) is 48.5 Å². The third-order valence-corrected chi connectivity index (χ3v) is 7.46. The standard InChI is InChI=1S/C19H23N3O6S2/c20-29(24,25)17-8-4-15(5-9-17)21-19(23)14-28-16-6-10-18(11-7-16)30(26,27)22-12-2-1-3-13-22/h4-11H,1-3,12-14H2,(H,21,23)(H2,20,24,25). The van der Waals surface area contributed by atoms with Crippen molar-refractivity contribution in [1.82, 2.24) is 4.31 Å². The monoisotopic (exact) mass is 453 g/mol. The van der Waals surface area contributed by atoms with Crippen LogP contribution < -0.4 is 15.2 Å². The molecule has 9 nitrogen and oxygen atoms in total. The van der Waals surface area contributed by atoms with E-state index in [1.54, 1.807) is 0 Å². The predicted octanol–water partition coefficient (Wildman–Crippen LogP) is 1.53. The molecule has 30 heavy (non-hydrogen) atoms. The quantitative estimate of drug-likeness (QED) is 0.652. The van der Waals surface area contributed by atoms with Gasteiger partial charge in [0, 0.05) is 18.8 Å². The third-order valence-electron chi connectivity index (χ3n) is 4.61. The maximum absolute atomic E-state index is 12.6. The van der Waals surface area contributed by atoms with Crippen molar-refractivity contribution in [2.24, 2.45) is 5.14 Å². The summed E-state index contributed by atoms with van der Waals surface area (Å²) in [6, 6.07) is 11.3. The van der Waals surface area contributed by atoms with E-state index in [2.05, 4.69) is 5.32 Å². The minimum Gasteiger partial charge on any atom is -0.484 e. The van der Waals surface area contributed by atoms with Gasteiger partial charge in [-0.2, -0.15) is 4.31 Å². The summed E-state index contributed by atoms with van der Waals surface area (Å²) in [6.45, 7) is 0.757. The van der Waals surface area contributed by atoms with E-state index in [-0.39, 0.29) is 16.4 Å². The summed E-state index contributed by atoms with van der Waals surface area (Å²) in [7, 11) is -7.32. The van der Waals surface area contributed by atoms with Gasteiger partial charge in [-0.3, -0.25) is 4.79 Å². The number of nitrogens with two attached hydrogens (primary N) is 1. The van der Waals surface area contributed by atoms with E-state index in [4.69, 9.17) is 9.88 Å². The number of ether oxygens (including phenoxy) is 1. The second-order valence-electron chi connectivity index (χ2n) is 6.84. The Kier molecular flexibility index (Phi) is 6.76. The molecule has 1 aliphatic heterocycles. The summed E-state index contributed by atoms with van der Waals surface area (Å²) in [5, 5.41) is 7.59. The highest BCUT2D eigenvalue weighted by Gasteiger charge is 2.25. The molecule has 162 valence electrons. The first kappa shape index (κ1) is 22.2. The molecule has 0 saturated carbocycles. The van der Waals surface area contributed by atoms with Crippen LogP contribution in [0.1, 0.15) is 19.3 Å². The molecular formula is C19H23N3O6S2. The van der Waals surface area contributed by atoms with Gasteiger partial charge in [0.1, 0.15) is 5.75 Å². The number of rotatable bonds is 7. The zero-order valence-corrected chi connectivity index (χ0v) is 17.8. The molecule has 1 fully saturated rings. The van der Waals surface area contributed by atoms with Crippen molar-refractivity contribution in [2.45, 2.75) is 29.1 Å². The van der Waals surface area contributed by atoms with Crippen LogP contribution in [-0.2, 0) is 24.8 Å². The maximum atomic E-state index is 12.6. The van der Waals surface area contributed by atoms with Crippen LogP contribution in [0.4, 0.5) is 5.69 Å². The van der Waals surface area contributed by atoms with Gasteiger partial charge in [-0.25, -0.2) is 22.0 Å². The molecule has 0 bridgehead atoms. The summed E-state index contributed by atoms with van der Waals surface area (Å²) >= 11 is 0. The first-order valence-electron chi connectivity index (χ1n) is 9.32. The highest BCUT2D eigenvalue weighted by atomic mass is 32.2. The number of anilines is 1. The molecule has 1 aliphatic rings. The number of hydrogen-bond acceptors (Lipinski definition) is 6. The van der Waals surface area contributed by atoms with Gasteiger partial charge in [0.05, 0.1) is 9.79 Å². The number of sulfonamides is 2. The molecule has 0 spiro atoms. The van der Waals surface area contributed by atoms with E-state index in [0.29, 0.717) is 24.5 Å². The predicted molar refractivity (Wildman–Crippen MR) is 111 cm³/mol. The topological polar surface area (TPSA) is 136 Å². The second kappa shape index (κ2) is 9.13. The number of primary sulfonamides is 1. The van der Waals surface area contributed by atoms with Gasteiger partial charge >= 0.3 is 0 Å². The van der Waals surface area contributed by atoms with Crippen molar-refractivity contribution in [2.75, 3.05) is 25.0 Å². The van der Waals surface area contributed by atoms with Gasteiger partial charge in [0.25, 0.3) is 5.91 Å². The number of carbonyl (C=O) groups excluding carboxylic acids is 1. The lowest BCUT2D eigenvalue weighted by Crippen LogP contribution is -2.35.